The third-order valence-electron chi connectivity index (χ3n) is 3.77. The number of nitrogens with zero attached hydrogens (tertiary/aromatic N) is 1. The van der Waals surface area contributed by atoms with Gasteiger partial charge in [0.05, 0.1) is 18.3 Å². The van der Waals surface area contributed by atoms with E-state index in [0.29, 0.717) is 11.3 Å². The van der Waals surface area contributed by atoms with Gasteiger partial charge in [0.1, 0.15) is 11.5 Å². The lowest BCUT2D eigenvalue weighted by Gasteiger charge is -2.06. The Hall–Kier alpha value is -3.20. The van der Waals surface area contributed by atoms with Crippen LogP contribution < -0.4 is 15.5 Å². The van der Waals surface area contributed by atoms with Crippen LogP contribution in [0, 0.1) is 3.57 Å². The van der Waals surface area contributed by atoms with Gasteiger partial charge < -0.3 is 10.1 Å². The lowest BCUT2D eigenvalue weighted by atomic mass is 10.2. The highest BCUT2D eigenvalue weighted by atomic mass is 127. The molecule has 6 nitrogen and oxygen atoms in total. The number of carbonyl (C=O) groups is 2. The second kappa shape index (κ2) is 10.4. The lowest BCUT2D eigenvalue weighted by Crippen LogP contribution is -2.35. The first-order chi connectivity index (χ1) is 14.1. The molecule has 3 aromatic carbocycles. The zero-order chi connectivity index (χ0) is 20.5. The number of hydrogen-bond acceptors (Lipinski definition) is 4. The summed E-state index contributed by atoms with van der Waals surface area (Å²) >= 11 is 2.08. The minimum Gasteiger partial charge on any atom is -0.457 e. The van der Waals surface area contributed by atoms with Gasteiger partial charge in [0.15, 0.2) is 0 Å². The fourth-order valence-corrected chi connectivity index (χ4v) is 3.03. The maximum absolute atomic E-state index is 12.1. The summed E-state index contributed by atoms with van der Waals surface area (Å²) in [5.41, 5.74) is 3.69. The van der Waals surface area contributed by atoms with Crippen LogP contribution in [-0.2, 0) is 4.79 Å². The summed E-state index contributed by atoms with van der Waals surface area (Å²) < 4.78 is 6.58. The van der Waals surface area contributed by atoms with Crippen molar-refractivity contribution in [3.63, 3.8) is 0 Å². The maximum Gasteiger partial charge on any atom is 0.259 e. The van der Waals surface area contributed by atoms with Gasteiger partial charge in [-0.25, -0.2) is 5.43 Å². The van der Waals surface area contributed by atoms with Gasteiger partial charge in [0.2, 0.25) is 0 Å². The molecule has 3 aromatic rings. The highest BCUT2D eigenvalue weighted by Gasteiger charge is 2.10. The highest BCUT2D eigenvalue weighted by Crippen LogP contribution is 2.21. The van der Waals surface area contributed by atoms with Gasteiger partial charge in [-0.3, -0.25) is 9.59 Å². The molecule has 0 heterocycles. The molecule has 0 aromatic heterocycles. The zero-order valence-corrected chi connectivity index (χ0v) is 17.5. The molecule has 0 aliphatic rings. The molecule has 2 amide bonds. The SMILES string of the molecule is O=C(CNC(=O)c1ccccc1I)N/N=C/c1cccc(Oc2ccccc2)c1. The van der Waals surface area contributed by atoms with Crippen LogP contribution in [0.3, 0.4) is 0 Å². The zero-order valence-electron chi connectivity index (χ0n) is 15.3. The normalized spacial score (nSPS) is 10.5. The lowest BCUT2D eigenvalue weighted by molar-refractivity contribution is -0.120. The van der Waals surface area contributed by atoms with Gasteiger partial charge in [-0.05, 0) is 64.6 Å². The third-order valence-corrected chi connectivity index (χ3v) is 4.71. The van der Waals surface area contributed by atoms with Gasteiger partial charge >= 0.3 is 0 Å². The molecular weight excluding hydrogens is 481 g/mol. The topological polar surface area (TPSA) is 79.8 Å². The van der Waals surface area contributed by atoms with Crippen LogP contribution in [0.1, 0.15) is 15.9 Å². The van der Waals surface area contributed by atoms with Crippen LogP contribution in [0.25, 0.3) is 0 Å². The number of ether oxygens (including phenoxy) is 1. The van der Waals surface area contributed by atoms with E-state index in [1.54, 1.807) is 12.1 Å². The van der Waals surface area contributed by atoms with E-state index in [-0.39, 0.29) is 12.5 Å². The van der Waals surface area contributed by atoms with Gasteiger partial charge in [-0.1, -0.05) is 42.5 Å². The summed E-state index contributed by atoms with van der Waals surface area (Å²) in [5.74, 6) is 0.673. The van der Waals surface area contributed by atoms with Crippen molar-refractivity contribution in [3.8, 4) is 11.5 Å². The monoisotopic (exact) mass is 499 g/mol. The van der Waals surface area contributed by atoms with Crippen LogP contribution >= 0.6 is 22.6 Å². The standard InChI is InChI=1S/C22H18IN3O3/c23-20-12-5-4-11-19(20)22(28)24-15-21(27)26-25-14-16-7-6-10-18(13-16)29-17-8-2-1-3-9-17/h1-14H,15H2,(H,24,28)(H,26,27)/b25-14+. The highest BCUT2D eigenvalue weighted by molar-refractivity contribution is 14.1. The summed E-state index contributed by atoms with van der Waals surface area (Å²) in [6.07, 6.45) is 1.51. The first-order valence-corrected chi connectivity index (χ1v) is 9.87. The van der Waals surface area contributed by atoms with Crippen molar-refractivity contribution in [2.45, 2.75) is 0 Å². The van der Waals surface area contributed by atoms with E-state index in [1.807, 2.05) is 66.7 Å². The van der Waals surface area contributed by atoms with Crippen LogP contribution in [0.2, 0.25) is 0 Å². The van der Waals surface area contributed by atoms with Crippen LogP contribution in [0.15, 0.2) is 84.0 Å². The molecule has 0 fully saturated rings. The van der Waals surface area contributed by atoms with Crippen molar-refractivity contribution in [1.29, 1.82) is 0 Å². The second-order valence-electron chi connectivity index (χ2n) is 5.94. The van der Waals surface area contributed by atoms with E-state index >= 15 is 0 Å². The van der Waals surface area contributed by atoms with Crippen LogP contribution in [0.4, 0.5) is 0 Å². The molecule has 29 heavy (non-hydrogen) atoms. The fourth-order valence-electron chi connectivity index (χ4n) is 2.40. The molecule has 146 valence electrons. The number of rotatable bonds is 7. The molecular formula is C22H18IN3O3. The Bertz CT molecular complexity index is 1020. The van der Waals surface area contributed by atoms with Gasteiger partial charge in [-0.15, -0.1) is 0 Å². The minimum absolute atomic E-state index is 0.168. The van der Waals surface area contributed by atoms with Crippen molar-refractivity contribution in [2.24, 2.45) is 5.10 Å². The molecule has 0 saturated heterocycles. The van der Waals surface area contributed by atoms with E-state index in [1.165, 1.54) is 6.21 Å². The van der Waals surface area contributed by atoms with Crippen molar-refractivity contribution in [2.75, 3.05) is 6.54 Å². The Labute approximate surface area is 182 Å². The van der Waals surface area contributed by atoms with E-state index in [4.69, 9.17) is 4.74 Å². The summed E-state index contributed by atoms with van der Waals surface area (Å²) in [6, 6.07) is 23.9. The van der Waals surface area contributed by atoms with Gasteiger partial charge in [0.25, 0.3) is 11.8 Å². The second-order valence-corrected chi connectivity index (χ2v) is 7.11. The molecule has 0 bridgehead atoms. The number of hydrazone groups is 1. The van der Waals surface area contributed by atoms with Crippen LogP contribution in [-0.4, -0.2) is 24.6 Å². The Morgan fingerprint density at radius 1 is 0.931 bits per heavy atom. The Balaban J connectivity index is 1.49. The largest absolute Gasteiger partial charge is 0.457 e. The first-order valence-electron chi connectivity index (χ1n) is 8.79. The molecule has 7 heteroatoms. The number of hydrogen-bond donors (Lipinski definition) is 2. The van der Waals surface area contributed by atoms with Crippen molar-refractivity contribution >= 4 is 40.6 Å². The number of amides is 2. The van der Waals surface area contributed by atoms with E-state index in [2.05, 4.69) is 38.4 Å². The predicted octanol–water partition coefficient (Wildman–Crippen LogP) is 3.96. The number of benzene rings is 3. The average molecular weight is 499 g/mol. The summed E-state index contributed by atoms with van der Waals surface area (Å²) in [4.78, 5) is 24.0. The average Bonchev–Trinajstić information content (AvgIpc) is 2.73. The molecule has 3 rings (SSSR count). The molecule has 0 aliphatic heterocycles. The third kappa shape index (κ3) is 6.42. The molecule has 0 unspecified atom stereocenters. The number of halogens is 1. The maximum atomic E-state index is 12.1. The number of carbonyl (C=O) groups excluding carboxylic acids is 2. The van der Waals surface area contributed by atoms with E-state index in [0.717, 1.165) is 14.9 Å². The Kier molecular flexibility index (Phi) is 7.34. The fraction of sp³-hybridized carbons (Fsp3) is 0.0455. The van der Waals surface area contributed by atoms with E-state index in [9.17, 15) is 9.59 Å². The van der Waals surface area contributed by atoms with Crippen molar-refractivity contribution in [1.82, 2.24) is 10.7 Å². The van der Waals surface area contributed by atoms with Crippen molar-refractivity contribution in [3.05, 3.63) is 93.6 Å². The minimum atomic E-state index is -0.419. The molecule has 0 radical (unpaired) electrons. The number of para-hydroxylation sites is 1. The van der Waals surface area contributed by atoms with Crippen molar-refractivity contribution < 1.29 is 14.3 Å². The summed E-state index contributed by atoms with van der Waals surface area (Å²) in [5, 5.41) is 6.50. The summed E-state index contributed by atoms with van der Waals surface area (Å²) in [6.45, 7) is -0.168. The van der Waals surface area contributed by atoms with Gasteiger partial charge in [-0.2, -0.15) is 5.10 Å². The number of nitrogens with one attached hydrogen (secondary N) is 2. The Morgan fingerprint density at radius 3 is 2.45 bits per heavy atom. The quantitative estimate of drug-likeness (QED) is 0.294. The van der Waals surface area contributed by atoms with E-state index < -0.39 is 5.91 Å². The molecule has 2 N–H and O–H groups in total. The smallest absolute Gasteiger partial charge is 0.259 e. The molecule has 0 aliphatic carbocycles. The van der Waals surface area contributed by atoms with Crippen LogP contribution in [0.5, 0.6) is 11.5 Å². The first kappa shape index (κ1) is 20.5. The molecule has 0 atom stereocenters. The Morgan fingerprint density at radius 2 is 1.66 bits per heavy atom. The molecule has 0 spiro atoms. The predicted molar refractivity (Wildman–Crippen MR) is 120 cm³/mol. The summed E-state index contributed by atoms with van der Waals surface area (Å²) in [7, 11) is 0. The van der Waals surface area contributed by atoms with Gasteiger partial charge in [0, 0.05) is 3.57 Å². The molecule has 0 saturated carbocycles.